The summed E-state index contributed by atoms with van der Waals surface area (Å²) in [5, 5.41) is 4.17. The van der Waals surface area contributed by atoms with Crippen molar-refractivity contribution in [2.24, 2.45) is 0 Å². The van der Waals surface area contributed by atoms with Crippen molar-refractivity contribution in [2.45, 2.75) is 38.9 Å². The van der Waals surface area contributed by atoms with Crippen molar-refractivity contribution in [3.8, 4) is 0 Å². The van der Waals surface area contributed by atoms with Crippen molar-refractivity contribution in [3.05, 3.63) is 44.8 Å². The lowest BCUT2D eigenvalue weighted by Gasteiger charge is -2.32. The molecular formula is C16H19BO2S2. The Hall–Kier alpha value is -0.875. The molecule has 3 heterocycles. The molecule has 3 rings (SSSR count). The molecule has 0 aliphatic carbocycles. The van der Waals surface area contributed by atoms with Crippen molar-refractivity contribution < 1.29 is 9.31 Å². The highest BCUT2D eigenvalue weighted by atomic mass is 32.1. The van der Waals surface area contributed by atoms with Crippen molar-refractivity contribution in [2.75, 3.05) is 0 Å². The van der Waals surface area contributed by atoms with E-state index in [9.17, 15) is 0 Å². The van der Waals surface area contributed by atoms with Crippen LogP contribution in [0.3, 0.4) is 0 Å². The van der Waals surface area contributed by atoms with Crippen LogP contribution in [0.1, 0.15) is 37.4 Å². The van der Waals surface area contributed by atoms with Crippen LogP contribution in [0.25, 0.3) is 11.5 Å². The molecule has 0 N–H and O–H groups in total. The fourth-order valence-electron chi connectivity index (χ4n) is 2.19. The zero-order chi connectivity index (χ0) is 15.1. The maximum Gasteiger partial charge on any atom is 0.496 e. The molecule has 0 bridgehead atoms. The molecule has 2 aromatic heterocycles. The Bertz CT molecular complexity index is 611. The molecule has 1 fully saturated rings. The fourth-order valence-corrected chi connectivity index (χ4v) is 3.61. The largest absolute Gasteiger partial charge is 0.496 e. The van der Waals surface area contributed by atoms with Crippen LogP contribution in [0.4, 0.5) is 0 Å². The average Bonchev–Trinajstić information content (AvgIpc) is 3.10. The average molecular weight is 318 g/mol. The predicted octanol–water partition coefficient (Wildman–Crippen LogP) is 4.98. The number of hydrogen-bond acceptors (Lipinski definition) is 4. The van der Waals surface area contributed by atoms with Gasteiger partial charge in [-0.1, -0.05) is 12.1 Å². The molecule has 1 saturated heterocycles. The van der Waals surface area contributed by atoms with Crippen molar-refractivity contribution in [1.82, 2.24) is 0 Å². The molecular weight excluding hydrogens is 299 g/mol. The molecule has 21 heavy (non-hydrogen) atoms. The van der Waals surface area contributed by atoms with Crippen LogP contribution < -0.4 is 0 Å². The second kappa shape index (κ2) is 5.40. The Morgan fingerprint density at radius 1 is 1.00 bits per heavy atom. The van der Waals surface area contributed by atoms with Crippen LogP contribution in [0, 0.1) is 0 Å². The Morgan fingerprint density at radius 2 is 1.62 bits per heavy atom. The second-order valence-corrected chi connectivity index (χ2v) is 8.11. The standard InChI is InChI=1S/C16H19BO2S2/c1-15(2)16(3,4)19-17(18-15)13(14-8-6-10-21-14)11-12-7-5-9-20-12/h5-11H,1-4H3. The van der Waals surface area contributed by atoms with E-state index in [-0.39, 0.29) is 18.3 Å². The summed E-state index contributed by atoms with van der Waals surface area (Å²) in [5.74, 6) is 0. The molecule has 1 aliphatic rings. The Kier molecular flexibility index (Phi) is 3.86. The van der Waals surface area contributed by atoms with Gasteiger partial charge in [-0.3, -0.25) is 0 Å². The van der Waals surface area contributed by atoms with Crippen LogP contribution in [-0.2, 0) is 9.31 Å². The molecule has 0 spiro atoms. The first-order chi connectivity index (χ1) is 9.89. The van der Waals surface area contributed by atoms with Crippen LogP contribution in [-0.4, -0.2) is 18.3 Å². The Balaban J connectivity index is 1.99. The first-order valence-electron chi connectivity index (χ1n) is 7.04. The molecule has 0 atom stereocenters. The summed E-state index contributed by atoms with van der Waals surface area (Å²) in [4.78, 5) is 2.41. The number of hydrogen-bond donors (Lipinski definition) is 0. The molecule has 110 valence electrons. The highest BCUT2D eigenvalue weighted by molar-refractivity contribution is 7.13. The van der Waals surface area contributed by atoms with E-state index in [1.807, 2.05) is 0 Å². The van der Waals surface area contributed by atoms with Gasteiger partial charge in [-0.2, -0.15) is 0 Å². The third-order valence-corrected chi connectivity index (χ3v) is 5.89. The van der Waals surface area contributed by atoms with E-state index in [4.69, 9.17) is 9.31 Å². The van der Waals surface area contributed by atoms with Gasteiger partial charge >= 0.3 is 7.12 Å². The maximum absolute atomic E-state index is 6.22. The summed E-state index contributed by atoms with van der Waals surface area (Å²) in [5.41, 5.74) is 0.471. The van der Waals surface area contributed by atoms with Crippen molar-refractivity contribution in [3.63, 3.8) is 0 Å². The van der Waals surface area contributed by atoms with Gasteiger partial charge in [0.15, 0.2) is 0 Å². The molecule has 1 aliphatic heterocycles. The predicted molar refractivity (Wildman–Crippen MR) is 92.6 cm³/mol. The summed E-state index contributed by atoms with van der Waals surface area (Å²) in [6.45, 7) is 8.35. The molecule has 0 amide bonds. The molecule has 0 unspecified atom stereocenters. The van der Waals surface area contributed by atoms with Gasteiger partial charge in [-0.25, -0.2) is 0 Å². The van der Waals surface area contributed by atoms with Gasteiger partial charge < -0.3 is 9.31 Å². The van der Waals surface area contributed by atoms with Gasteiger partial charge in [-0.05, 0) is 56.7 Å². The zero-order valence-corrected chi connectivity index (χ0v) is 14.4. The molecule has 5 heteroatoms. The van der Waals surface area contributed by atoms with E-state index < -0.39 is 0 Å². The lowest BCUT2D eigenvalue weighted by atomic mass is 9.76. The van der Waals surface area contributed by atoms with Crippen molar-refractivity contribution >= 4 is 41.3 Å². The summed E-state index contributed by atoms with van der Waals surface area (Å²) in [7, 11) is -0.323. The van der Waals surface area contributed by atoms with Crippen LogP contribution in [0.2, 0.25) is 0 Å². The highest BCUT2D eigenvalue weighted by Gasteiger charge is 2.52. The van der Waals surface area contributed by atoms with Crippen molar-refractivity contribution in [1.29, 1.82) is 0 Å². The topological polar surface area (TPSA) is 18.5 Å². The monoisotopic (exact) mass is 318 g/mol. The first kappa shape index (κ1) is 15.0. The van der Waals surface area contributed by atoms with E-state index in [2.05, 4.69) is 68.8 Å². The smallest absolute Gasteiger partial charge is 0.399 e. The minimum Gasteiger partial charge on any atom is -0.399 e. The van der Waals surface area contributed by atoms with Gasteiger partial charge in [0.05, 0.1) is 11.2 Å². The summed E-state index contributed by atoms with van der Waals surface area (Å²) >= 11 is 3.44. The van der Waals surface area contributed by atoms with Gasteiger partial charge in [0.25, 0.3) is 0 Å². The third kappa shape index (κ3) is 2.88. The van der Waals surface area contributed by atoms with Gasteiger partial charge in [0.2, 0.25) is 0 Å². The minimum atomic E-state index is -0.323. The SMILES string of the molecule is CC1(C)OB(C(=Cc2cccs2)c2cccs2)OC1(C)C. The molecule has 2 nitrogen and oxygen atoms in total. The quantitative estimate of drug-likeness (QED) is 0.743. The van der Waals surface area contributed by atoms with E-state index >= 15 is 0 Å². The van der Waals surface area contributed by atoms with E-state index in [0.717, 1.165) is 5.47 Å². The second-order valence-electron chi connectivity index (χ2n) is 6.18. The summed E-state index contributed by atoms with van der Waals surface area (Å²) < 4.78 is 12.4. The van der Waals surface area contributed by atoms with E-state index in [1.54, 1.807) is 22.7 Å². The van der Waals surface area contributed by atoms with E-state index in [0.29, 0.717) is 0 Å². The number of rotatable bonds is 3. The fraction of sp³-hybridized carbons (Fsp3) is 0.375. The van der Waals surface area contributed by atoms with Crippen LogP contribution >= 0.6 is 22.7 Å². The molecule has 0 radical (unpaired) electrons. The van der Waals surface area contributed by atoms with Crippen LogP contribution in [0.15, 0.2) is 35.0 Å². The first-order valence-corrected chi connectivity index (χ1v) is 8.80. The van der Waals surface area contributed by atoms with E-state index in [1.165, 1.54) is 9.75 Å². The summed E-state index contributed by atoms with van der Waals surface area (Å²) in [6, 6.07) is 8.36. The number of thiophene rings is 2. The molecule has 0 saturated carbocycles. The lowest BCUT2D eigenvalue weighted by Crippen LogP contribution is -2.41. The lowest BCUT2D eigenvalue weighted by molar-refractivity contribution is 0.00578. The van der Waals surface area contributed by atoms with Gasteiger partial charge in [0, 0.05) is 15.2 Å². The zero-order valence-electron chi connectivity index (χ0n) is 12.8. The maximum atomic E-state index is 6.22. The van der Waals surface area contributed by atoms with Gasteiger partial charge in [0.1, 0.15) is 0 Å². The normalized spacial score (nSPS) is 21.0. The highest BCUT2D eigenvalue weighted by Crippen LogP contribution is 2.41. The van der Waals surface area contributed by atoms with Crippen LogP contribution in [0.5, 0.6) is 0 Å². The van der Waals surface area contributed by atoms with Gasteiger partial charge in [-0.15, -0.1) is 22.7 Å². The summed E-state index contributed by atoms with van der Waals surface area (Å²) in [6.07, 6.45) is 2.18. The Labute approximate surface area is 134 Å². The molecule has 0 aromatic carbocycles. The minimum absolute atomic E-state index is 0.316. The molecule has 2 aromatic rings. The third-order valence-electron chi connectivity index (χ3n) is 4.15. The Morgan fingerprint density at radius 3 is 2.14 bits per heavy atom.